The maximum Gasteiger partial charge on any atom is 0.414 e. The summed E-state index contributed by atoms with van der Waals surface area (Å²) >= 11 is 0. The molecule has 0 N–H and O–H groups in total. The first kappa shape index (κ1) is 21.5. The zero-order valence-electron chi connectivity index (χ0n) is 17.5. The molecule has 0 aliphatic carbocycles. The van der Waals surface area contributed by atoms with Crippen LogP contribution in [0.4, 0.5) is 25.0 Å². The number of aromatic nitrogens is 4. The fraction of sp³-hybridized carbons (Fsp3) is 0.333. The third kappa shape index (κ3) is 4.20. The highest BCUT2D eigenvalue weighted by molar-refractivity contribution is 7.71. The quantitative estimate of drug-likeness (QED) is 0.525. The van der Waals surface area contributed by atoms with Crippen molar-refractivity contribution in [1.82, 2.24) is 20.0 Å². The lowest BCUT2D eigenvalue weighted by atomic mass is 10.2. The summed E-state index contributed by atoms with van der Waals surface area (Å²) in [7, 11) is -2.65. The van der Waals surface area contributed by atoms with Gasteiger partial charge in [0.2, 0.25) is 0 Å². The van der Waals surface area contributed by atoms with Gasteiger partial charge in [-0.05, 0) is 12.1 Å². The SMILES string of the molecule is O=C1O[C@@H](Cn2ccnn2)CN1c1cc(F)c(N2CCP(=O)(c3cccnc3)CC2)c(F)c1. The molecule has 172 valence electrons. The van der Waals surface area contributed by atoms with Gasteiger partial charge < -0.3 is 14.2 Å². The third-order valence-electron chi connectivity index (χ3n) is 5.94. The summed E-state index contributed by atoms with van der Waals surface area (Å²) in [5, 5.41) is 8.22. The topological polar surface area (TPSA) is 93.5 Å². The van der Waals surface area contributed by atoms with Crippen molar-refractivity contribution in [2.45, 2.75) is 12.6 Å². The number of ether oxygens (including phenoxy) is 1. The molecule has 2 aromatic heterocycles. The van der Waals surface area contributed by atoms with Crippen LogP contribution in [0, 0.1) is 11.6 Å². The first-order chi connectivity index (χ1) is 15.9. The van der Waals surface area contributed by atoms with E-state index in [-0.39, 0.29) is 37.6 Å². The van der Waals surface area contributed by atoms with E-state index < -0.39 is 31.0 Å². The molecule has 0 radical (unpaired) electrons. The molecule has 1 amide bonds. The van der Waals surface area contributed by atoms with Crippen molar-refractivity contribution < 1.29 is 22.9 Å². The Hall–Kier alpha value is -3.33. The van der Waals surface area contributed by atoms with Gasteiger partial charge in [-0.25, -0.2) is 18.3 Å². The predicted molar refractivity (Wildman–Crippen MR) is 117 cm³/mol. The van der Waals surface area contributed by atoms with Crippen LogP contribution in [0.25, 0.3) is 0 Å². The summed E-state index contributed by atoms with van der Waals surface area (Å²) in [5.74, 6) is -1.56. The summed E-state index contributed by atoms with van der Waals surface area (Å²) in [4.78, 5) is 19.1. The third-order valence-corrected chi connectivity index (χ3v) is 9.00. The smallest absolute Gasteiger partial charge is 0.414 e. The highest BCUT2D eigenvalue weighted by atomic mass is 31.2. The molecule has 0 unspecified atom stereocenters. The molecule has 1 atom stereocenters. The number of anilines is 2. The van der Waals surface area contributed by atoms with Crippen LogP contribution in [-0.2, 0) is 15.8 Å². The molecule has 0 saturated carbocycles. The minimum absolute atomic E-state index is 0.0814. The number of cyclic esters (lactones) is 1. The average molecular weight is 474 g/mol. The largest absolute Gasteiger partial charge is 0.442 e. The van der Waals surface area contributed by atoms with E-state index in [1.54, 1.807) is 35.6 Å². The van der Waals surface area contributed by atoms with Gasteiger partial charge in [0.25, 0.3) is 0 Å². The number of benzene rings is 1. The average Bonchev–Trinajstić information content (AvgIpc) is 3.45. The van der Waals surface area contributed by atoms with Crippen molar-refractivity contribution in [1.29, 1.82) is 0 Å². The van der Waals surface area contributed by atoms with Crippen LogP contribution in [0.2, 0.25) is 0 Å². The van der Waals surface area contributed by atoms with E-state index >= 15 is 8.78 Å². The lowest BCUT2D eigenvalue weighted by Gasteiger charge is -2.34. The number of pyridine rings is 1. The van der Waals surface area contributed by atoms with E-state index in [1.807, 2.05) is 0 Å². The molecule has 2 aliphatic heterocycles. The van der Waals surface area contributed by atoms with Gasteiger partial charge in [-0.3, -0.25) is 9.88 Å². The second-order valence-electron chi connectivity index (χ2n) is 8.03. The Morgan fingerprint density at radius 1 is 1.15 bits per heavy atom. The van der Waals surface area contributed by atoms with E-state index in [2.05, 4.69) is 15.3 Å². The first-order valence-corrected chi connectivity index (χ1v) is 12.6. The normalized spacial score (nSPS) is 20.2. The van der Waals surface area contributed by atoms with Crippen molar-refractivity contribution in [3.63, 3.8) is 0 Å². The molecular formula is C21H21F2N6O3P. The van der Waals surface area contributed by atoms with E-state index in [9.17, 15) is 9.36 Å². The highest BCUT2D eigenvalue weighted by Crippen LogP contribution is 2.47. The number of halogens is 2. The van der Waals surface area contributed by atoms with Crippen molar-refractivity contribution in [3.8, 4) is 0 Å². The predicted octanol–water partition coefficient (Wildman–Crippen LogP) is 2.49. The summed E-state index contributed by atoms with van der Waals surface area (Å²) < 4.78 is 50.2. The van der Waals surface area contributed by atoms with Gasteiger partial charge in [0, 0.05) is 61.4 Å². The molecule has 3 aromatic rings. The number of rotatable bonds is 5. The number of amides is 1. The molecule has 33 heavy (non-hydrogen) atoms. The van der Waals surface area contributed by atoms with Crippen LogP contribution in [0.3, 0.4) is 0 Å². The fourth-order valence-electron chi connectivity index (χ4n) is 4.24. The molecule has 4 heterocycles. The molecule has 0 spiro atoms. The van der Waals surface area contributed by atoms with Gasteiger partial charge in [-0.15, -0.1) is 5.10 Å². The summed E-state index contributed by atoms with van der Waals surface area (Å²) in [6.45, 7) is 0.932. The van der Waals surface area contributed by atoms with Crippen molar-refractivity contribution in [2.24, 2.45) is 0 Å². The van der Waals surface area contributed by atoms with E-state index in [0.29, 0.717) is 17.6 Å². The van der Waals surface area contributed by atoms with Crippen molar-refractivity contribution >= 4 is 29.9 Å². The van der Waals surface area contributed by atoms with Crippen molar-refractivity contribution in [3.05, 3.63) is 60.7 Å². The minimum Gasteiger partial charge on any atom is -0.442 e. The summed E-state index contributed by atoms with van der Waals surface area (Å²) in [5.41, 5.74) is -0.0965. The molecule has 1 aromatic carbocycles. The molecule has 9 nitrogen and oxygen atoms in total. The maximum atomic E-state index is 15.0. The molecule has 5 rings (SSSR count). The zero-order chi connectivity index (χ0) is 23.0. The number of carbonyl (C=O) groups excluding carboxylic acids is 1. The van der Waals surface area contributed by atoms with Crippen LogP contribution in [0.5, 0.6) is 0 Å². The lowest BCUT2D eigenvalue weighted by Crippen LogP contribution is -2.38. The van der Waals surface area contributed by atoms with Crippen LogP contribution in [-0.4, -0.2) is 64.1 Å². The van der Waals surface area contributed by atoms with Gasteiger partial charge in [0.1, 0.15) is 18.9 Å². The van der Waals surface area contributed by atoms with Crippen LogP contribution >= 0.6 is 7.14 Å². The second-order valence-corrected chi connectivity index (χ2v) is 11.2. The molecule has 2 fully saturated rings. The van der Waals surface area contributed by atoms with Gasteiger partial charge in [-0.2, -0.15) is 0 Å². The van der Waals surface area contributed by atoms with Gasteiger partial charge >= 0.3 is 6.09 Å². The number of hydrogen-bond donors (Lipinski definition) is 0. The first-order valence-electron chi connectivity index (χ1n) is 10.5. The minimum atomic E-state index is -2.65. The van der Waals surface area contributed by atoms with E-state index in [0.717, 1.165) is 12.1 Å². The molecule has 2 aliphatic rings. The standard InChI is InChI=1S/C21H21F2N6O3P/c22-18-10-15(29-14-16(32-21(29)30)13-28-5-4-25-26-28)11-19(23)20(18)27-6-8-33(31,9-7-27)17-2-1-3-24-12-17/h1-5,10-12,16H,6-9,13-14H2/t16-/m0/s1. The van der Waals surface area contributed by atoms with Crippen LogP contribution in [0.1, 0.15) is 0 Å². The Morgan fingerprint density at radius 3 is 2.55 bits per heavy atom. The monoisotopic (exact) mass is 474 g/mol. The summed E-state index contributed by atoms with van der Waals surface area (Å²) in [6.07, 6.45) is 5.77. The lowest BCUT2D eigenvalue weighted by molar-refractivity contribution is 0.129. The Balaban J connectivity index is 1.30. The summed E-state index contributed by atoms with van der Waals surface area (Å²) in [6, 6.07) is 5.78. The van der Waals surface area contributed by atoms with E-state index in [4.69, 9.17) is 4.74 Å². The Bertz CT molecular complexity index is 1170. The van der Waals surface area contributed by atoms with Gasteiger partial charge in [-0.1, -0.05) is 5.21 Å². The molecule has 2 saturated heterocycles. The van der Waals surface area contributed by atoms with E-state index in [1.165, 1.54) is 15.8 Å². The maximum absolute atomic E-state index is 15.0. The number of nitrogens with zero attached hydrogens (tertiary/aromatic N) is 6. The van der Waals surface area contributed by atoms with Crippen LogP contribution < -0.4 is 15.1 Å². The number of carbonyl (C=O) groups is 1. The van der Waals surface area contributed by atoms with Crippen molar-refractivity contribution in [2.75, 3.05) is 41.8 Å². The molecular weight excluding hydrogens is 453 g/mol. The Labute approximate surface area is 188 Å². The number of hydrogen-bond acceptors (Lipinski definition) is 7. The van der Waals surface area contributed by atoms with Gasteiger partial charge in [0.05, 0.1) is 25.0 Å². The second kappa shape index (κ2) is 8.55. The Morgan fingerprint density at radius 2 is 1.91 bits per heavy atom. The molecule has 12 heteroatoms. The van der Waals surface area contributed by atoms with Crippen LogP contribution in [0.15, 0.2) is 49.1 Å². The highest BCUT2D eigenvalue weighted by Gasteiger charge is 2.36. The van der Waals surface area contributed by atoms with Gasteiger partial charge in [0.15, 0.2) is 11.6 Å². The zero-order valence-corrected chi connectivity index (χ0v) is 18.4. The Kier molecular flexibility index (Phi) is 5.57. The fourth-order valence-corrected chi connectivity index (χ4v) is 6.74. The molecule has 0 bridgehead atoms.